The van der Waals surface area contributed by atoms with Gasteiger partial charge in [-0.1, -0.05) is 225 Å². The molecule has 0 bridgehead atoms. The van der Waals surface area contributed by atoms with Crippen LogP contribution in [0.4, 0.5) is 0 Å². The molecule has 0 spiro atoms. The van der Waals surface area contributed by atoms with Gasteiger partial charge in [0.05, 0.1) is 26.4 Å². The summed E-state index contributed by atoms with van der Waals surface area (Å²) < 4.78 is 33.5. The predicted octanol–water partition coefficient (Wildman–Crippen LogP) is 14.8. The molecule has 3 atom stereocenters. The number of phosphoric acid groups is 1. The lowest BCUT2D eigenvalue weighted by Gasteiger charge is -2.20. The SMILES string of the molecule is CCCCCCCCCC/C=C\CCCCCCCCCCCCCC(=O)OC(COCCCCCCCCCCCCCCCCCC)COP(=O)(O)OCC(O)CO. The Labute approximate surface area is 370 Å². The lowest BCUT2D eigenvalue weighted by atomic mass is 10.0. The summed E-state index contributed by atoms with van der Waals surface area (Å²) in [6.07, 6.45) is 50.3. The highest BCUT2D eigenvalue weighted by Crippen LogP contribution is 2.43. The van der Waals surface area contributed by atoms with Crippen molar-refractivity contribution in [1.82, 2.24) is 0 Å². The van der Waals surface area contributed by atoms with E-state index in [1.54, 1.807) is 0 Å². The maximum absolute atomic E-state index is 12.7. The van der Waals surface area contributed by atoms with E-state index in [9.17, 15) is 19.4 Å². The monoisotopic (exact) mass is 875 g/mol. The highest BCUT2D eigenvalue weighted by Gasteiger charge is 2.26. The molecule has 3 N–H and O–H groups in total. The highest BCUT2D eigenvalue weighted by molar-refractivity contribution is 7.47. The Morgan fingerprint density at radius 2 is 0.850 bits per heavy atom. The summed E-state index contributed by atoms with van der Waals surface area (Å²) in [7, 11) is -4.52. The van der Waals surface area contributed by atoms with E-state index in [-0.39, 0.29) is 25.6 Å². The molecule has 0 radical (unpaired) electrons. The summed E-state index contributed by atoms with van der Waals surface area (Å²) in [5.41, 5.74) is 0. The Morgan fingerprint density at radius 3 is 1.25 bits per heavy atom. The van der Waals surface area contributed by atoms with Crippen molar-refractivity contribution in [1.29, 1.82) is 0 Å². The number of unbranched alkanes of at least 4 members (excludes halogenated alkanes) is 34. The number of aliphatic hydroxyl groups excluding tert-OH is 2. The van der Waals surface area contributed by atoms with Crippen molar-refractivity contribution in [2.45, 2.75) is 270 Å². The average molecular weight is 875 g/mol. The van der Waals surface area contributed by atoms with Crippen molar-refractivity contribution in [3.63, 3.8) is 0 Å². The lowest BCUT2D eigenvalue weighted by Crippen LogP contribution is -2.29. The molecule has 9 nitrogen and oxygen atoms in total. The quantitative estimate of drug-likeness (QED) is 0.0236. The Hall–Kier alpha value is -0.800. The number of allylic oxidation sites excluding steroid dienone is 2. The number of hydrogen-bond donors (Lipinski definition) is 3. The zero-order chi connectivity index (χ0) is 43.9. The van der Waals surface area contributed by atoms with Gasteiger partial charge in [0.15, 0.2) is 0 Å². The van der Waals surface area contributed by atoms with Crippen molar-refractivity contribution in [3.8, 4) is 0 Å². The molecule has 0 rings (SSSR count). The highest BCUT2D eigenvalue weighted by atomic mass is 31.2. The zero-order valence-electron chi connectivity index (χ0n) is 39.5. The molecule has 0 aromatic rings. The third kappa shape index (κ3) is 46.7. The van der Waals surface area contributed by atoms with E-state index >= 15 is 0 Å². The van der Waals surface area contributed by atoms with Crippen molar-refractivity contribution >= 4 is 13.8 Å². The molecular formula is C50H99O9P. The fraction of sp³-hybridized carbons (Fsp3) is 0.940. The molecule has 3 unspecified atom stereocenters. The number of phosphoric ester groups is 1. The number of aliphatic hydroxyl groups is 2. The first kappa shape index (κ1) is 59.2. The third-order valence-electron chi connectivity index (χ3n) is 11.5. The first-order chi connectivity index (χ1) is 29.3. The molecule has 0 aromatic heterocycles. The van der Waals surface area contributed by atoms with Crippen molar-refractivity contribution in [3.05, 3.63) is 12.2 Å². The van der Waals surface area contributed by atoms with Gasteiger partial charge in [0.1, 0.15) is 12.2 Å². The number of ether oxygens (including phenoxy) is 2. The second kappa shape index (κ2) is 47.7. The van der Waals surface area contributed by atoms with Crippen LogP contribution >= 0.6 is 7.82 Å². The zero-order valence-corrected chi connectivity index (χ0v) is 40.3. The Bertz CT molecular complexity index is 949. The maximum atomic E-state index is 12.7. The van der Waals surface area contributed by atoms with E-state index in [0.717, 1.165) is 32.1 Å². The third-order valence-corrected chi connectivity index (χ3v) is 12.4. The van der Waals surface area contributed by atoms with Crippen LogP contribution in [0.25, 0.3) is 0 Å². The molecule has 0 fully saturated rings. The Kier molecular flexibility index (Phi) is 47.0. The molecule has 0 heterocycles. The van der Waals surface area contributed by atoms with Crippen LogP contribution in [0.5, 0.6) is 0 Å². The summed E-state index contributed by atoms with van der Waals surface area (Å²) in [6.45, 7) is 3.59. The molecule has 10 heteroatoms. The largest absolute Gasteiger partial charge is 0.472 e. The van der Waals surface area contributed by atoms with E-state index in [2.05, 4.69) is 26.0 Å². The van der Waals surface area contributed by atoms with Crippen LogP contribution in [0, 0.1) is 0 Å². The van der Waals surface area contributed by atoms with Gasteiger partial charge in [0, 0.05) is 13.0 Å². The van der Waals surface area contributed by atoms with Crippen LogP contribution in [0.2, 0.25) is 0 Å². The normalized spacial score (nSPS) is 13.9. The van der Waals surface area contributed by atoms with Crippen LogP contribution in [-0.4, -0.2) is 66.3 Å². The molecule has 0 aromatic carbocycles. The van der Waals surface area contributed by atoms with Gasteiger partial charge in [-0.25, -0.2) is 4.57 Å². The molecule has 60 heavy (non-hydrogen) atoms. The summed E-state index contributed by atoms with van der Waals surface area (Å²) in [5.74, 6) is -0.377. The predicted molar refractivity (Wildman–Crippen MR) is 251 cm³/mol. The van der Waals surface area contributed by atoms with E-state index < -0.39 is 33.2 Å². The second-order valence-electron chi connectivity index (χ2n) is 17.5. The van der Waals surface area contributed by atoms with Crippen LogP contribution in [0.1, 0.15) is 258 Å². The lowest BCUT2D eigenvalue weighted by molar-refractivity contribution is -0.154. The fourth-order valence-electron chi connectivity index (χ4n) is 7.53. The van der Waals surface area contributed by atoms with Gasteiger partial charge in [0.25, 0.3) is 0 Å². The number of carbonyl (C=O) groups excluding carboxylic acids is 1. The first-order valence-corrected chi connectivity index (χ1v) is 27.2. The summed E-state index contributed by atoms with van der Waals surface area (Å²) in [6, 6.07) is 0. The topological polar surface area (TPSA) is 132 Å². The van der Waals surface area contributed by atoms with Crippen molar-refractivity contribution in [2.75, 3.05) is 33.0 Å². The van der Waals surface area contributed by atoms with Crippen LogP contribution in [-0.2, 0) is 27.9 Å². The van der Waals surface area contributed by atoms with Gasteiger partial charge in [-0.2, -0.15) is 0 Å². The van der Waals surface area contributed by atoms with E-state index in [4.69, 9.17) is 23.6 Å². The second-order valence-corrected chi connectivity index (χ2v) is 19.0. The minimum Gasteiger partial charge on any atom is -0.457 e. The Morgan fingerprint density at radius 1 is 0.500 bits per heavy atom. The van der Waals surface area contributed by atoms with Crippen LogP contribution in [0.3, 0.4) is 0 Å². The van der Waals surface area contributed by atoms with Gasteiger partial charge >= 0.3 is 13.8 Å². The van der Waals surface area contributed by atoms with Crippen molar-refractivity contribution < 1.29 is 43.0 Å². The molecule has 0 aliphatic carbocycles. The maximum Gasteiger partial charge on any atom is 0.472 e. The minimum absolute atomic E-state index is 0.0557. The average Bonchev–Trinajstić information content (AvgIpc) is 3.24. The molecule has 0 saturated heterocycles. The molecular weight excluding hydrogens is 776 g/mol. The van der Waals surface area contributed by atoms with E-state index in [1.165, 1.54) is 205 Å². The van der Waals surface area contributed by atoms with Crippen LogP contribution in [0.15, 0.2) is 12.2 Å². The number of carbonyl (C=O) groups is 1. The number of rotatable bonds is 50. The van der Waals surface area contributed by atoms with Crippen molar-refractivity contribution in [2.24, 2.45) is 0 Å². The van der Waals surface area contributed by atoms with Gasteiger partial charge in [-0.15, -0.1) is 0 Å². The fourth-order valence-corrected chi connectivity index (χ4v) is 8.32. The number of esters is 1. The molecule has 358 valence electrons. The smallest absolute Gasteiger partial charge is 0.457 e. The van der Waals surface area contributed by atoms with Gasteiger partial charge < -0.3 is 24.6 Å². The first-order valence-electron chi connectivity index (χ1n) is 25.7. The number of hydrogen-bond acceptors (Lipinski definition) is 8. The summed E-state index contributed by atoms with van der Waals surface area (Å²) >= 11 is 0. The summed E-state index contributed by atoms with van der Waals surface area (Å²) in [5, 5.41) is 18.4. The minimum atomic E-state index is -4.52. The Balaban J connectivity index is 4.02. The molecule has 0 amide bonds. The molecule has 0 aliphatic heterocycles. The van der Waals surface area contributed by atoms with Gasteiger partial charge in [-0.05, 0) is 38.5 Å². The standard InChI is InChI=1S/C50H99O9P/c1-3-5-7-9-11-13-15-17-19-21-22-23-24-25-26-27-28-30-32-34-36-38-40-42-50(53)59-49(47-58-60(54,55)57-45-48(52)44-51)46-56-43-41-39-37-35-33-31-29-20-18-16-14-12-10-8-6-4-2/h21-22,48-49,51-52H,3-20,23-47H2,1-2H3,(H,54,55)/b22-21-. The van der Waals surface area contributed by atoms with Gasteiger partial charge in [0.2, 0.25) is 0 Å². The molecule has 0 aliphatic rings. The van der Waals surface area contributed by atoms with E-state index in [1.807, 2.05) is 0 Å². The van der Waals surface area contributed by atoms with Gasteiger partial charge in [-0.3, -0.25) is 13.8 Å². The summed E-state index contributed by atoms with van der Waals surface area (Å²) in [4.78, 5) is 22.7. The molecule has 0 saturated carbocycles. The van der Waals surface area contributed by atoms with E-state index in [0.29, 0.717) is 6.61 Å². The van der Waals surface area contributed by atoms with Crippen LogP contribution < -0.4 is 0 Å².